The Hall–Kier alpha value is -2.50. The lowest BCUT2D eigenvalue weighted by molar-refractivity contribution is 0.430. The zero-order valence-corrected chi connectivity index (χ0v) is 11.4. The van der Waals surface area contributed by atoms with E-state index in [1.807, 2.05) is 18.2 Å². The highest BCUT2D eigenvalue weighted by Crippen LogP contribution is 2.21. The van der Waals surface area contributed by atoms with Crippen molar-refractivity contribution in [3.63, 3.8) is 0 Å². The van der Waals surface area contributed by atoms with Gasteiger partial charge in [0, 0.05) is 24.5 Å². The van der Waals surface area contributed by atoms with E-state index < -0.39 is 0 Å². The quantitative estimate of drug-likeness (QED) is 0.784. The molecular weight excluding hydrogens is 254 g/mol. The minimum absolute atomic E-state index is 0.438. The molecule has 0 unspecified atom stereocenters. The Morgan fingerprint density at radius 3 is 2.75 bits per heavy atom. The Bertz CT molecular complexity index is 722. The summed E-state index contributed by atoms with van der Waals surface area (Å²) in [4.78, 5) is 12.8. The van der Waals surface area contributed by atoms with Crippen LogP contribution in [0.3, 0.4) is 0 Å². The maximum Gasteiger partial charge on any atom is 0.321 e. The van der Waals surface area contributed by atoms with Crippen LogP contribution in [0.4, 0.5) is 6.01 Å². The lowest BCUT2D eigenvalue weighted by atomic mass is 10.2. The number of aromatic nitrogens is 4. The molecule has 2 aromatic heterocycles. The Kier molecular flexibility index (Phi) is 3.28. The number of nitrogens with zero attached hydrogens (tertiary/aromatic N) is 4. The zero-order valence-electron chi connectivity index (χ0n) is 11.4. The molecule has 0 atom stereocenters. The fourth-order valence-electron chi connectivity index (χ4n) is 1.81. The number of benzene rings is 1. The van der Waals surface area contributed by atoms with Gasteiger partial charge in [-0.25, -0.2) is 0 Å². The van der Waals surface area contributed by atoms with Crippen LogP contribution in [-0.4, -0.2) is 26.7 Å². The van der Waals surface area contributed by atoms with E-state index in [2.05, 4.69) is 39.3 Å². The van der Waals surface area contributed by atoms with Crippen LogP contribution in [0.15, 0.2) is 35.1 Å². The maximum atomic E-state index is 5.17. The van der Waals surface area contributed by atoms with Gasteiger partial charge < -0.3 is 9.84 Å². The average Bonchev–Trinajstić information content (AvgIpc) is 2.93. The summed E-state index contributed by atoms with van der Waals surface area (Å²) in [7, 11) is 0. The fourth-order valence-corrected chi connectivity index (χ4v) is 1.81. The number of fused-ring (bicyclic) bond motifs is 1. The van der Waals surface area contributed by atoms with Gasteiger partial charge in [0.15, 0.2) is 0 Å². The summed E-state index contributed by atoms with van der Waals surface area (Å²) in [5.41, 5.74) is 2.52. The number of rotatable bonds is 4. The van der Waals surface area contributed by atoms with Gasteiger partial charge in [0.25, 0.3) is 0 Å². The maximum absolute atomic E-state index is 5.17. The lowest BCUT2D eigenvalue weighted by Gasteiger charge is -2.02. The van der Waals surface area contributed by atoms with Gasteiger partial charge in [-0.3, -0.25) is 9.97 Å². The van der Waals surface area contributed by atoms with Crippen molar-refractivity contribution in [2.75, 3.05) is 11.9 Å². The number of hydrogen-bond donors (Lipinski definition) is 1. The summed E-state index contributed by atoms with van der Waals surface area (Å²) in [6, 6.07) is 6.15. The average molecular weight is 269 g/mol. The van der Waals surface area contributed by atoms with E-state index in [-0.39, 0.29) is 0 Å². The minimum atomic E-state index is 0.438. The predicted octanol–water partition coefficient (Wildman–Crippen LogP) is 2.75. The van der Waals surface area contributed by atoms with Crippen molar-refractivity contribution in [3.05, 3.63) is 30.6 Å². The normalized spacial score (nSPS) is 11.2. The van der Waals surface area contributed by atoms with Crippen LogP contribution in [0.1, 0.15) is 13.8 Å². The molecule has 0 saturated carbocycles. The Morgan fingerprint density at radius 1 is 1.15 bits per heavy atom. The summed E-state index contributed by atoms with van der Waals surface area (Å²) >= 11 is 0. The molecule has 6 nitrogen and oxygen atoms in total. The third kappa shape index (κ3) is 2.59. The molecule has 3 aromatic rings. The molecule has 0 aliphatic carbocycles. The third-order valence-corrected chi connectivity index (χ3v) is 2.82. The smallest absolute Gasteiger partial charge is 0.321 e. The standard InChI is InChI=1S/C14H15N5O/c1-9(2)8-17-14-18-13(19-20-14)10-3-4-11-12(7-10)16-6-5-15-11/h3-7,9H,8H2,1-2H3,(H,17,18,19). The van der Waals surface area contributed by atoms with Gasteiger partial charge in [0.05, 0.1) is 11.0 Å². The number of nitrogens with one attached hydrogen (secondary N) is 1. The molecule has 3 rings (SSSR count). The van der Waals surface area contributed by atoms with Crippen LogP contribution in [0.2, 0.25) is 0 Å². The van der Waals surface area contributed by atoms with Crippen molar-refractivity contribution in [3.8, 4) is 11.4 Å². The molecule has 0 amide bonds. The molecule has 102 valence electrons. The number of anilines is 1. The summed E-state index contributed by atoms with van der Waals surface area (Å²) in [6.07, 6.45) is 3.34. The monoisotopic (exact) mass is 269 g/mol. The fraction of sp³-hybridized carbons (Fsp3) is 0.286. The van der Waals surface area contributed by atoms with Crippen molar-refractivity contribution in [1.82, 2.24) is 20.1 Å². The largest absolute Gasteiger partial charge is 0.337 e. The molecule has 0 aliphatic heterocycles. The minimum Gasteiger partial charge on any atom is -0.337 e. The lowest BCUT2D eigenvalue weighted by Crippen LogP contribution is -2.07. The molecule has 0 spiro atoms. The second-order valence-electron chi connectivity index (χ2n) is 4.96. The van der Waals surface area contributed by atoms with E-state index in [1.165, 1.54) is 0 Å². The van der Waals surface area contributed by atoms with Gasteiger partial charge in [0.1, 0.15) is 0 Å². The first-order valence-electron chi connectivity index (χ1n) is 6.51. The molecule has 0 saturated heterocycles. The van der Waals surface area contributed by atoms with Crippen LogP contribution >= 0.6 is 0 Å². The van der Waals surface area contributed by atoms with Gasteiger partial charge in [0.2, 0.25) is 5.82 Å². The second-order valence-corrected chi connectivity index (χ2v) is 4.96. The molecule has 1 aromatic carbocycles. The Morgan fingerprint density at radius 2 is 1.95 bits per heavy atom. The molecule has 20 heavy (non-hydrogen) atoms. The predicted molar refractivity (Wildman–Crippen MR) is 76.2 cm³/mol. The van der Waals surface area contributed by atoms with Gasteiger partial charge in [-0.2, -0.15) is 4.98 Å². The van der Waals surface area contributed by atoms with Gasteiger partial charge >= 0.3 is 6.01 Å². The highest BCUT2D eigenvalue weighted by atomic mass is 16.5. The van der Waals surface area contributed by atoms with Gasteiger partial charge in [-0.15, -0.1) is 0 Å². The topological polar surface area (TPSA) is 76.7 Å². The van der Waals surface area contributed by atoms with Crippen LogP contribution in [0.25, 0.3) is 22.4 Å². The molecule has 1 N–H and O–H groups in total. The first kappa shape index (κ1) is 12.5. The van der Waals surface area contributed by atoms with Crippen molar-refractivity contribution in [1.29, 1.82) is 0 Å². The summed E-state index contributed by atoms with van der Waals surface area (Å²) < 4.78 is 5.17. The Labute approximate surface area is 116 Å². The number of hydrogen-bond acceptors (Lipinski definition) is 6. The first-order valence-corrected chi connectivity index (χ1v) is 6.51. The second kappa shape index (κ2) is 5.24. The third-order valence-electron chi connectivity index (χ3n) is 2.82. The van der Waals surface area contributed by atoms with E-state index in [0.29, 0.717) is 17.8 Å². The van der Waals surface area contributed by atoms with E-state index >= 15 is 0 Å². The van der Waals surface area contributed by atoms with E-state index in [0.717, 1.165) is 23.1 Å². The highest BCUT2D eigenvalue weighted by molar-refractivity contribution is 5.79. The highest BCUT2D eigenvalue weighted by Gasteiger charge is 2.09. The van der Waals surface area contributed by atoms with Crippen molar-refractivity contribution in [2.45, 2.75) is 13.8 Å². The molecule has 0 radical (unpaired) electrons. The van der Waals surface area contributed by atoms with Crippen molar-refractivity contribution in [2.24, 2.45) is 5.92 Å². The molecule has 0 fully saturated rings. The Balaban J connectivity index is 1.87. The molecule has 2 heterocycles. The first-order chi connectivity index (χ1) is 9.72. The van der Waals surface area contributed by atoms with Crippen LogP contribution in [0.5, 0.6) is 0 Å². The molecule has 0 aliphatic rings. The van der Waals surface area contributed by atoms with Crippen molar-refractivity contribution < 1.29 is 4.52 Å². The molecular formula is C14H15N5O. The van der Waals surface area contributed by atoms with Gasteiger partial charge in [-0.05, 0) is 24.1 Å². The van der Waals surface area contributed by atoms with Crippen LogP contribution in [0, 0.1) is 5.92 Å². The van der Waals surface area contributed by atoms with E-state index in [1.54, 1.807) is 12.4 Å². The van der Waals surface area contributed by atoms with Gasteiger partial charge in [-0.1, -0.05) is 19.0 Å². The molecule has 6 heteroatoms. The SMILES string of the molecule is CC(C)CNc1nc(-c2ccc3nccnc3c2)no1. The summed E-state index contributed by atoms with van der Waals surface area (Å²) in [6.45, 7) is 5.03. The van der Waals surface area contributed by atoms with Crippen molar-refractivity contribution >= 4 is 17.0 Å². The zero-order chi connectivity index (χ0) is 13.9. The summed E-state index contributed by atoms with van der Waals surface area (Å²) in [5, 5.41) is 7.08. The van der Waals surface area contributed by atoms with E-state index in [9.17, 15) is 0 Å². The van der Waals surface area contributed by atoms with Crippen LogP contribution in [-0.2, 0) is 0 Å². The van der Waals surface area contributed by atoms with E-state index in [4.69, 9.17) is 4.52 Å². The summed E-state index contributed by atoms with van der Waals surface area (Å²) in [5.74, 6) is 1.06. The van der Waals surface area contributed by atoms with Crippen LogP contribution < -0.4 is 5.32 Å². The molecule has 0 bridgehead atoms.